The number of piperidine rings is 1. The maximum atomic E-state index is 13.9. The van der Waals surface area contributed by atoms with E-state index in [1.165, 1.54) is 0 Å². The van der Waals surface area contributed by atoms with Crippen molar-refractivity contribution in [2.75, 3.05) is 18.4 Å². The third-order valence-corrected chi connectivity index (χ3v) is 7.23. The molecule has 6 nitrogen and oxygen atoms in total. The molecule has 2 aliphatic rings. The van der Waals surface area contributed by atoms with E-state index in [0.29, 0.717) is 23.8 Å². The Labute approximate surface area is 196 Å². The quantitative estimate of drug-likeness (QED) is 0.418. The number of benzene rings is 1. The van der Waals surface area contributed by atoms with Crippen LogP contribution in [0.5, 0.6) is 0 Å². The maximum absolute atomic E-state index is 13.9. The number of hydrogen-bond acceptors (Lipinski definition) is 5. The molecule has 4 N–H and O–H groups in total. The first-order valence-corrected chi connectivity index (χ1v) is 12.0. The number of aromatic nitrogens is 3. The number of nitrogens with zero attached hydrogens (tertiary/aromatic N) is 2. The molecule has 2 fully saturated rings. The van der Waals surface area contributed by atoms with Gasteiger partial charge in [-0.25, -0.2) is 9.97 Å². The summed E-state index contributed by atoms with van der Waals surface area (Å²) in [6, 6.07) is 5.84. The number of alkyl halides is 3. The lowest BCUT2D eigenvalue weighted by molar-refractivity contribution is -0.137. The second kappa shape index (κ2) is 8.85. The summed E-state index contributed by atoms with van der Waals surface area (Å²) >= 11 is 0. The van der Waals surface area contributed by atoms with Crippen LogP contribution in [0.25, 0.3) is 22.2 Å². The van der Waals surface area contributed by atoms with Crippen molar-refractivity contribution in [3.8, 4) is 11.3 Å². The Hall–Kier alpha value is -2.65. The number of rotatable bonds is 4. The van der Waals surface area contributed by atoms with Crippen LogP contribution < -0.4 is 10.6 Å². The van der Waals surface area contributed by atoms with Gasteiger partial charge in [-0.15, -0.1) is 0 Å². The molecule has 0 spiro atoms. The molecule has 34 heavy (non-hydrogen) atoms. The highest BCUT2D eigenvalue weighted by Crippen LogP contribution is 2.43. The summed E-state index contributed by atoms with van der Waals surface area (Å²) in [4.78, 5) is 11.6. The molecule has 3 aromatic rings. The molecule has 3 heterocycles. The molecule has 0 radical (unpaired) electrons. The second-order valence-electron chi connectivity index (χ2n) is 9.88. The van der Waals surface area contributed by atoms with Gasteiger partial charge in [0.05, 0.1) is 11.3 Å². The predicted octanol–water partition coefficient (Wildman–Crippen LogP) is 5.22. The van der Waals surface area contributed by atoms with Crippen LogP contribution in [0.4, 0.5) is 19.1 Å². The van der Waals surface area contributed by atoms with Gasteiger partial charge in [-0.1, -0.05) is 18.2 Å². The summed E-state index contributed by atoms with van der Waals surface area (Å²) in [5, 5.41) is 17.5. The van der Waals surface area contributed by atoms with Crippen LogP contribution in [0.3, 0.4) is 0 Å². The third kappa shape index (κ3) is 4.63. The average molecular weight is 474 g/mol. The molecule has 5 rings (SSSR count). The van der Waals surface area contributed by atoms with E-state index in [1.807, 2.05) is 25.1 Å². The molecule has 1 atom stereocenters. The van der Waals surface area contributed by atoms with Crippen LogP contribution in [0.1, 0.15) is 62.5 Å². The van der Waals surface area contributed by atoms with Gasteiger partial charge in [-0.2, -0.15) is 13.2 Å². The van der Waals surface area contributed by atoms with Crippen molar-refractivity contribution in [1.29, 1.82) is 0 Å². The predicted molar refractivity (Wildman–Crippen MR) is 126 cm³/mol. The van der Waals surface area contributed by atoms with Crippen molar-refractivity contribution < 1.29 is 18.3 Å². The van der Waals surface area contributed by atoms with Gasteiger partial charge in [0.25, 0.3) is 0 Å². The summed E-state index contributed by atoms with van der Waals surface area (Å²) in [6.45, 7) is 3.53. The molecule has 1 saturated heterocycles. The van der Waals surface area contributed by atoms with E-state index < -0.39 is 17.3 Å². The lowest BCUT2D eigenvalue weighted by Gasteiger charge is -2.33. The maximum Gasteiger partial charge on any atom is 0.419 e. The minimum Gasteiger partial charge on any atom is -0.390 e. The van der Waals surface area contributed by atoms with Crippen LogP contribution in [-0.2, 0) is 6.18 Å². The lowest BCUT2D eigenvalue weighted by Crippen LogP contribution is -2.38. The zero-order valence-electron chi connectivity index (χ0n) is 19.2. The highest BCUT2D eigenvalue weighted by molar-refractivity contribution is 5.97. The van der Waals surface area contributed by atoms with Crippen molar-refractivity contribution in [3.05, 3.63) is 41.7 Å². The molecular weight excluding hydrogens is 443 g/mol. The summed E-state index contributed by atoms with van der Waals surface area (Å²) in [7, 11) is 0. The van der Waals surface area contributed by atoms with Crippen LogP contribution in [0.2, 0.25) is 0 Å². The number of anilines is 1. The Morgan fingerprint density at radius 3 is 2.68 bits per heavy atom. The van der Waals surface area contributed by atoms with E-state index in [4.69, 9.17) is 0 Å². The van der Waals surface area contributed by atoms with Gasteiger partial charge in [-0.05, 0) is 63.5 Å². The fourth-order valence-corrected chi connectivity index (χ4v) is 5.29. The smallest absolute Gasteiger partial charge is 0.390 e. The van der Waals surface area contributed by atoms with Crippen molar-refractivity contribution in [2.45, 2.75) is 69.2 Å². The van der Waals surface area contributed by atoms with Crippen molar-refractivity contribution in [3.63, 3.8) is 0 Å². The lowest BCUT2D eigenvalue weighted by atomic mass is 9.76. The highest BCUT2D eigenvalue weighted by atomic mass is 19.4. The van der Waals surface area contributed by atoms with Gasteiger partial charge in [0, 0.05) is 41.4 Å². The molecule has 1 saturated carbocycles. The molecule has 9 heteroatoms. The van der Waals surface area contributed by atoms with Crippen LogP contribution >= 0.6 is 0 Å². The number of H-pyrrole nitrogens is 1. The Bertz CT molecular complexity index is 1160. The summed E-state index contributed by atoms with van der Waals surface area (Å²) in [5.74, 6) is 0.454. The number of halogens is 3. The average Bonchev–Trinajstić information content (AvgIpc) is 3.23. The van der Waals surface area contributed by atoms with Crippen molar-refractivity contribution in [2.24, 2.45) is 0 Å². The van der Waals surface area contributed by atoms with Gasteiger partial charge < -0.3 is 20.7 Å². The van der Waals surface area contributed by atoms with E-state index in [9.17, 15) is 18.3 Å². The SMILES string of the molecule is C[C@]1(O)CC[C@@H](c2cccc3c(-c4nc(N[C@H]5CCCNC5)ncc4C(F)(F)F)c[nH]c32)CC1. The zero-order chi connectivity index (χ0) is 23.9. The molecular formula is C25H30F3N5O. The van der Waals surface area contributed by atoms with Gasteiger partial charge in [-0.3, -0.25) is 0 Å². The Balaban J connectivity index is 1.54. The van der Waals surface area contributed by atoms with Gasteiger partial charge in [0.15, 0.2) is 0 Å². The normalized spacial score (nSPS) is 26.0. The fourth-order valence-electron chi connectivity index (χ4n) is 5.29. The molecule has 0 amide bonds. The highest BCUT2D eigenvalue weighted by Gasteiger charge is 2.37. The Morgan fingerprint density at radius 1 is 1.18 bits per heavy atom. The van der Waals surface area contributed by atoms with Gasteiger partial charge >= 0.3 is 6.18 Å². The fraction of sp³-hybridized carbons (Fsp3) is 0.520. The zero-order valence-corrected chi connectivity index (χ0v) is 19.2. The standard InChI is InChI=1S/C25H30F3N5O/c1-24(34)9-7-15(8-10-24)17-5-2-6-18-19(13-30-21(17)18)22-20(25(26,27)28)14-31-23(33-22)32-16-4-3-11-29-12-16/h2,5-6,13-16,29-30,34H,3-4,7-12H2,1H3,(H,31,32,33)/t15-,16-,24+/m0/s1. The van der Waals surface area contributed by atoms with Crippen molar-refractivity contribution in [1.82, 2.24) is 20.3 Å². The largest absolute Gasteiger partial charge is 0.419 e. The first kappa shape index (κ1) is 23.1. The van der Waals surface area contributed by atoms with Crippen LogP contribution in [-0.4, -0.2) is 44.8 Å². The summed E-state index contributed by atoms with van der Waals surface area (Å²) in [5.41, 5.74) is 0.712. The monoisotopic (exact) mass is 473 g/mol. The molecule has 0 bridgehead atoms. The summed E-state index contributed by atoms with van der Waals surface area (Å²) in [6.07, 6.45) is 2.93. The van der Waals surface area contributed by atoms with E-state index in [1.54, 1.807) is 6.20 Å². The molecule has 0 unspecified atom stereocenters. The molecule has 1 aliphatic carbocycles. The molecule has 2 aromatic heterocycles. The van der Waals surface area contributed by atoms with Crippen molar-refractivity contribution >= 4 is 16.9 Å². The first-order chi connectivity index (χ1) is 16.2. The van der Waals surface area contributed by atoms with Gasteiger partial charge in [0.2, 0.25) is 5.95 Å². The molecule has 1 aromatic carbocycles. The molecule has 1 aliphatic heterocycles. The number of fused-ring (bicyclic) bond motifs is 1. The topological polar surface area (TPSA) is 85.9 Å². The number of para-hydroxylation sites is 1. The van der Waals surface area contributed by atoms with E-state index in [0.717, 1.165) is 56.0 Å². The number of aromatic amines is 1. The minimum atomic E-state index is -4.57. The number of aliphatic hydroxyl groups is 1. The van der Waals surface area contributed by atoms with Gasteiger partial charge in [0.1, 0.15) is 5.56 Å². The van der Waals surface area contributed by atoms with Crippen LogP contribution in [0.15, 0.2) is 30.6 Å². The Morgan fingerprint density at radius 2 is 1.97 bits per heavy atom. The number of hydrogen-bond donors (Lipinski definition) is 4. The Kier molecular flexibility index (Phi) is 6.02. The molecule has 182 valence electrons. The number of nitrogens with one attached hydrogen (secondary N) is 3. The summed E-state index contributed by atoms with van der Waals surface area (Å²) < 4.78 is 41.8. The minimum absolute atomic E-state index is 0.0800. The second-order valence-corrected chi connectivity index (χ2v) is 9.88. The first-order valence-electron chi connectivity index (χ1n) is 12.0. The van der Waals surface area contributed by atoms with E-state index in [2.05, 4.69) is 25.6 Å². The van der Waals surface area contributed by atoms with Crippen LogP contribution in [0, 0.1) is 0 Å². The third-order valence-electron chi connectivity index (χ3n) is 7.23. The van der Waals surface area contributed by atoms with E-state index >= 15 is 0 Å². The van der Waals surface area contributed by atoms with E-state index in [-0.39, 0.29) is 23.6 Å².